The number of anilines is 2. The number of nitriles is 2. The summed E-state index contributed by atoms with van der Waals surface area (Å²) in [6.45, 7) is 0.927. The minimum atomic E-state index is -0.999. The summed E-state index contributed by atoms with van der Waals surface area (Å²) in [7, 11) is 0. The number of benzene rings is 4. The minimum Gasteiger partial charge on any atom is -0.478 e. The number of pyridine rings is 6. The Labute approximate surface area is 423 Å². The zero-order chi connectivity index (χ0) is 50.0. The van der Waals surface area contributed by atoms with Gasteiger partial charge in [-0.1, -0.05) is 54.9 Å². The van der Waals surface area contributed by atoms with Crippen molar-refractivity contribution in [1.82, 2.24) is 35.2 Å². The summed E-state index contributed by atoms with van der Waals surface area (Å²) in [5.74, 6) is -0.146. The van der Waals surface area contributed by atoms with Crippen LogP contribution in [0.4, 0.5) is 11.6 Å². The van der Waals surface area contributed by atoms with Gasteiger partial charge in [-0.3, -0.25) is 24.7 Å². The molecule has 0 saturated heterocycles. The molecule has 0 atom stereocenters. The lowest BCUT2D eigenvalue weighted by atomic mass is 10.0. The van der Waals surface area contributed by atoms with E-state index >= 15 is 0 Å². The zero-order valence-corrected chi connectivity index (χ0v) is 39.0. The predicted octanol–water partition coefficient (Wildman–Crippen LogP) is 10.2. The second-order valence-corrected chi connectivity index (χ2v) is 17.0. The Bertz CT molecular complexity index is 3760. The van der Waals surface area contributed by atoms with Crippen LogP contribution in [0.2, 0.25) is 10.0 Å². The molecule has 10 aromatic rings. The number of nitrogens with one attached hydrogen (secondary N) is 1. The number of aromatic carboxylic acids is 1. The van der Waals surface area contributed by atoms with Gasteiger partial charge in [0.2, 0.25) is 0 Å². The number of nitrogens with zero attached hydrogens (tertiary/aromatic N) is 8. The summed E-state index contributed by atoms with van der Waals surface area (Å²) < 4.78 is 0. The Hall–Kier alpha value is -9.12. The molecule has 0 saturated carbocycles. The largest absolute Gasteiger partial charge is 0.478 e. The number of amides is 1. The van der Waals surface area contributed by atoms with Gasteiger partial charge < -0.3 is 27.6 Å². The van der Waals surface area contributed by atoms with E-state index in [4.69, 9.17) is 45.5 Å². The molecule has 0 radical (unpaired) electrons. The predicted molar refractivity (Wildman–Crippen MR) is 282 cm³/mol. The molecule has 0 spiro atoms. The van der Waals surface area contributed by atoms with Crippen LogP contribution < -0.4 is 22.5 Å². The van der Waals surface area contributed by atoms with Crippen LogP contribution in [0.5, 0.6) is 0 Å². The summed E-state index contributed by atoms with van der Waals surface area (Å²) >= 11 is 12.0. The number of aromatic nitrogens is 6. The van der Waals surface area contributed by atoms with Crippen molar-refractivity contribution in [3.8, 4) is 12.1 Å². The average molecular weight is 992 g/mol. The van der Waals surface area contributed by atoms with E-state index in [9.17, 15) is 20.1 Å². The highest BCUT2D eigenvalue weighted by molar-refractivity contribution is 6.31. The molecule has 6 aromatic heterocycles. The first-order valence-electron chi connectivity index (χ1n) is 21.7. The number of rotatable bonds is 9. The highest BCUT2D eigenvalue weighted by atomic mass is 35.5. The molecule has 0 unspecified atom stereocenters. The molecule has 6 heterocycles. The number of fused-ring (bicyclic) bond motifs is 4. The van der Waals surface area contributed by atoms with Gasteiger partial charge in [0.1, 0.15) is 23.8 Å². The van der Waals surface area contributed by atoms with Crippen LogP contribution in [0.15, 0.2) is 146 Å². The van der Waals surface area contributed by atoms with E-state index in [0.717, 1.165) is 54.6 Å². The fraction of sp³-hybridized carbons (Fsp3) is 0.0909. The molecule has 17 heteroatoms. The highest BCUT2D eigenvalue weighted by Crippen LogP contribution is 2.26. The molecule has 8 N–H and O–H groups in total. The number of carboxylic acids is 1. The van der Waals surface area contributed by atoms with Gasteiger partial charge in [0.05, 0.1) is 37.8 Å². The number of nitrogen functional groups attached to an aromatic ring is 2. The molecule has 72 heavy (non-hydrogen) atoms. The maximum atomic E-state index is 12.8. The maximum Gasteiger partial charge on any atom is 0.335 e. The Morgan fingerprint density at radius 2 is 1.01 bits per heavy atom. The van der Waals surface area contributed by atoms with Gasteiger partial charge in [0, 0.05) is 102 Å². The highest BCUT2D eigenvalue weighted by Gasteiger charge is 2.13. The number of hydrogen-bond acceptors (Lipinski definition) is 13. The summed E-state index contributed by atoms with van der Waals surface area (Å²) in [4.78, 5) is 49.0. The van der Waals surface area contributed by atoms with E-state index in [0.29, 0.717) is 86.7 Å². The standard InChI is InChI=1S/C27H19ClN6O.C17H10ClN3O2.C10H11N3.CH4/c28-22-11-20-8-17(9-21(13-29)25(20)33-15-22)10-23-12-19(4-5-31-23)27(35)34-14-16-1-2-24-18(7-16)3-6-32-26(24)30;18-14-6-12-3-10(4-13(8-19)16(12)21-9-14)5-15-7-11(17(22)23)1-2-20-15;11-6-7-1-2-9-8(5-7)3-4-13-10(9)12;/h1-9,11-12,15H,10,14H2,(H2,30,32)(H,34,35);1-4,6-7,9H,5H2,(H,22,23);1-5H,6,11H2,(H2,12,13);1H4. The van der Waals surface area contributed by atoms with Crippen molar-refractivity contribution in [3.05, 3.63) is 212 Å². The van der Waals surface area contributed by atoms with Crippen LogP contribution in [0.3, 0.4) is 0 Å². The van der Waals surface area contributed by atoms with Gasteiger partial charge in [0.25, 0.3) is 5.91 Å². The van der Waals surface area contributed by atoms with Crippen molar-refractivity contribution in [1.29, 1.82) is 10.5 Å². The number of carboxylic acid groups (broad SMARTS) is 1. The van der Waals surface area contributed by atoms with Crippen LogP contribution in [-0.4, -0.2) is 46.9 Å². The van der Waals surface area contributed by atoms with E-state index < -0.39 is 5.97 Å². The normalized spacial score (nSPS) is 10.5. The number of carbonyl (C=O) groups excluding carboxylic acids is 1. The van der Waals surface area contributed by atoms with E-state index in [-0.39, 0.29) is 18.9 Å². The maximum absolute atomic E-state index is 12.8. The molecule has 15 nitrogen and oxygen atoms in total. The number of halogens is 2. The van der Waals surface area contributed by atoms with Crippen molar-refractivity contribution in [2.75, 3.05) is 11.5 Å². The summed E-state index contributed by atoms with van der Waals surface area (Å²) in [6, 6.07) is 37.2. The number of hydrogen-bond donors (Lipinski definition) is 5. The van der Waals surface area contributed by atoms with Gasteiger partial charge in [-0.25, -0.2) is 14.8 Å². The summed E-state index contributed by atoms with van der Waals surface area (Å²) in [6.07, 6.45) is 10.3. The van der Waals surface area contributed by atoms with Gasteiger partial charge >= 0.3 is 5.97 Å². The third kappa shape index (κ3) is 12.2. The second kappa shape index (κ2) is 23.0. The van der Waals surface area contributed by atoms with Crippen molar-refractivity contribution >= 4 is 90.1 Å². The fourth-order valence-corrected chi connectivity index (χ4v) is 8.14. The second-order valence-electron chi connectivity index (χ2n) is 16.1. The topological polar surface area (TPSA) is 269 Å². The molecular weight excluding hydrogens is 948 g/mol. The monoisotopic (exact) mass is 990 g/mol. The fourth-order valence-electron chi connectivity index (χ4n) is 7.81. The van der Waals surface area contributed by atoms with Crippen molar-refractivity contribution in [3.63, 3.8) is 0 Å². The van der Waals surface area contributed by atoms with Crippen LogP contribution in [0.1, 0.15) is 72.9 Å². The first kappa shape index (κ1) is 50.7. The first-order valence-corrected chi connectivity index (χ1v) is 22.5. The van der Waals surface area contributed by atoms with Gasteiger partial charge in [-0.05, 0) is 118 Å². The Morgan fingerprint density at radius 3 is 1.51 bits per heavy atom. The smallest absolute Gasteiger partial charge is 0.335 e. The van der Waals surface area contributed by atoms with E-state index in [1.165, 1.54) is 30.7 Å². The Balaban J connectivity index is 0.000000176. The SMILES string of the molecule is C.N#Cc1cc(Cc2cc(C(=O)NCc3ccc4c(N)nccc4c3)ccn2)cc2cc(Cl)cnc12.N#Cc1cc(Cc2cc(C(=O)O)ccn2)cc2cc(Cl)cnc12.NCc1ccc2c(N)nccc2c1. The minimum absolute atomic E-state index is 0. The lowest BCUT2D eigenvalue weighted by molar-refractivity contribution is 0.0696. The average Bonchev–Trinajstić information content (AvgIpc) is 3.37. The molecule has 1 amide bonds. The molecule has 0 aliphatic rings. The lowest BCUT2D eigenvalue weighted by Crippen LogP contribution is -2.23. The quantitative estimate of drug-likeness (QED) is 0.0900. The molecule has 4 aromatic carbocycles. The van der Waals surface area contributed by atoms with E-state index in [2.05, 4.69) is 47.4 Å². The van der Waals surface area contributed by atoms with Crippen molar-refractivity contribution in [2.24, 2.45) is 5.73 Å². The molecule has 10 rings (SSSR count). The molecular formula is C55H44Cl2N12O3. The molecule has 0 fully saturated rings. The number of carbonyl (C=O) groups is 2. The van der Waals surface area contributed by atoms with E-state index in [1.807, 2.05) is 60.7 Å². The third-order valence-electron chi connectivity index (χ3n) is 11.2. The Morgan fingerprint density at radius 1 is 0.556 bits per heavy atom. The molecule has 356 valence electrons. The molecule has 0 aliphatic heterocycles. The zero-order valence-electron chi connectivity index (χ0n) is 37.5. The lowest BCUT2D eigenvalue weighted by Gasteiger charge is -2.09. The van der Waals surface area contributed by atoms with Gasteiger partial charge in [0.15, 0.2) is 0 Å². The van der Waals surface area contributed by atoms with Gasteiger partial charge in [-0.15, -0.1) is 0 Å². The summed E-state index contributed by atoms with van der Waals surface area (Å²) in [5.41, 5.74) is 25.1. The van der Waals surface area contributed by atoms with Crippen LogP contribution in [0, 0.1) is 22.7 Å². The summed E-state index contributed by atoms with van der Waals surface area (Å²) in [5, 5.41) is 37.3. The van der Waals surface area contributed by atoms with Gasteiger partial charge in [-0.2, -0.15) is 10.5 Å². The van der Waals surface area contributed by atoms with Crippen LogP contribution in [-0.2, 0) is 25.9 Å². The molecule has 0 aliphatic carbocycles. The number of nitrogens with two attached hydrogens (primary N) is 3. The third-order valence-corrected chi connectivity index (χ3v) is 11.6. The first-order chi connectivity index (χ1) is 34.4. The van der Waals surface area contributed by atoms with Crippen molar-refractivity contribution in [2.45, 2.75) is 33.4 Å². The van der Waals surface area contributed by atoms with Crippen LogP contribution in [0.25, 0.3) is 43.4 Å². The van der Waals surface area contributed by atoms with Crippen LogP contribution >= 0.6 is 23.2 Å². The Kier molecular flexibility index (Phi) is 16.2. The van der Waals surface area contributed by atoms with E-state index in [1.54, 1.807) is 55.0 Å². The molecule has 0 bridgehead atoms. The van der Waals surface area contributed by atoms with Crippen molar-refractivity contribution < 1.29 is 14.7 Å².